The van der Waals surface area contributed by atoms with E-state index in [1.807, 2.05) is 0 Å². The Morgan fingerprint density at radius 3 is 2.65 bits per heavy atom. The van der Waals surface area contributed by atoms with Crippen molar-refractivity contribution in [1.29, 1.82) is 0 Å². The van der Waals surface area contributed by atoms with Gasteiger partial charge in [0.15, 0.2) is 0 Å². The van der Waals surface area contributed by atoms with Crippen molar-refractivity contribution in [2.45, 2.75) is 13.8 Å². The van der Waals surface area contributed by atoms with Crippen LogP contribution in [0.25, 0.3) is 0 Å². The van der Waals surface area contributed by atoms with Gasteiger partial charge in [-0.25, -0.2) is 0 Å². The van der Waals surface area contributed by atoms with Crippen molar-refractivity contribution in [1.82, 2.24) is 0 Å². The van der Waals surface area contributed by atoms with Crippen LogP contribution in [-0.2, 0) is 9.59 Å². The summed E-state index contributed by atoms with van der Waals surface area (Å²) < 4.78 is 0. The van der Waals surface area contributed by atoms with Crippen LogP contribution in [0.5, 0.6) is 0 Å². The molecule has 0 atom stereocenters. The molecule has 0 radical (unpaired) electrons. The van der Waals surface area contributed by atoms with Crippen LogP contribution >= 0.6 is 0 Å². The average Bonchev–Trinajstić information content (AvgIpc) is 2.50. The number of nitrogens with one attached hydrogen (secondary N) is 1. The predicted octanol–water partition coefficient (Wildman–Crippen LogP) is 1.19. The Labute approximate surface area is 98.4 Å². The Morgan fingerprint density at radius 1 is 1.35 bits per heavy atom. The zero-order valence-electron chi connectivity index (χ0n) is 9.61. The molecule has 5 nitrogen and oxygen atoms in total. The van der Waals surface area contributed by atoms with Crippen LogP contribution in [0.2, 0.25) is 0 Å². The van der Waals surface area contributed by atoms with Gasteiger partial charge in [-0.15, -0.1) is 0 Å². The molecule has 1 heterocycles. The molecule has 0 bridgehead atoms. The summed E-state index contributed by atoms with van der Waals surface area (Å²) in [6, 6.07) is 4.82. The lowest BCUT2D eigenvalue weighted by Gasteiger charge is -2.14. The lowest BCUT2D eigenvalue weighted by atomic mass is 10.1. The molecule has 1 aliphatic heterocycles. The molecule has 2 amide bonds. The van der Waals surface area contributed by atoms with E-state index >= 15 is 0 Å². The summed E-state index contributed by atoms with van der Waals surface area (Å²) in [5.41, 5.74) is 1.54. The predicted molar refractivity (Wildman–Crippen MR) is 63.1 cm³/mol. The molecule has 1 aromatic rings. The van der Waals surface area contributed by atoms with Crippen LogP contribution in [0.4, 0.5) is 11.4 Å². The number of fused-ring (bicyclic) bond motifs is 1. The summed E-state index contributed by atoms with van der Waals surface area (Å²) in [6.45, 7) is 3.63. The summed E-state index contributed by atoms with van der Waals surface area (Å²) in [6.07, 6.45) is 0. The first-order chi connectivity index (χ1) is 8.04. The third-order valence-electron chi connectivity index (χ3n) is 2.61. The highest BCUT2D eigenvalue weighted by Gasteiger charge is 2.34. The molecule has 5 heteroatoms. The van der Waals surface area contributed by atoms with Crippen LogP contribution < -0.4 is 10.2 Å². The molecule has 17 heavy (non-hydrogen) atoms. The van der Waals surface area contributed by atoms with Crippen LogP contribution in [-0.4, -0.2) is 24.1 Å². The highest BCUT2D eigenvalue weighted by Crippen LogP contribution is 2.31. The number of likely N-dealkylation sites (N-methyl/N-ethyl adjacent to an activating group) is 1. The fraction of sp³-hybridized carbons (Fsp3) is 0.250. The van der Waals surface area contributed by atoms with Gasteiger partial charge in [0.2, 0.25) is 5.91 Å². The molecule has 2 rings (SSSR count). The molecule has 88 valence electrons. The average molecular weight is 232 g/mol. The minimum Gasteiger partial charge on any atom is -0.326 e. The number of carbonyl (C=O) groups is 3. The molecule has 1 aromatic carbocycles. The maximum absolute atomic E-state index is 11.6. The van der Waals surface area contributed by atoms with E-state index in [9.17, 15) is 14.4 Å². The molecule has 0 fully saturated rings. The standard InChI is InChI=1S/C12H12N2O3/c1-3-14-10-6-8(13-7(2)15)4-5-9(10)11(16)12(14)17/h4-6H,3H2,1-2H3,(H,13,15). The van der Waals surface area contributed by atoms with Crippen molar-refractivity contribution in [2.75, 3.05) is 16.8 Å². The van der Waals surface area contributed by atoms with Crippen molar-refractivity contribution in [3.63, 3.8) is 0 Å². The number of Topliss-reactive ketones (excluding diaryl/α,β-unsaturated/α-hetero) is 1. The number of hydrogen-bond donors (Lipinski definition) is 1. The Kier molecular flexibility index (Phi) is 2.67. The van der Waals surface area contributed by atoms with Gasteiger partial charge in [0.1, 0.15) is 0 Å². The molecular formula is C12H12N2O3. The van der Waals surface area contributed by atoms with Gasteiger partial charge in [-0.1, -0.05) is 0 Å². The van der Waals surface area contributed by atoms with E-state index in [1.54, 1.807) is 25.1 Å². The smallest absolute Gasteiger partial charge is 0.299 e. The third kappa shape index (κ3) is 1.80. The number of carbonyl (C=O) groups excluding carboxylic acids is 3. The van der Waals surface area contributed by atoms with Gasteiger partial charge in [0.05, 0.1) is 11.3 Å². The van der Waals surface area contributed by atoms with Crippen LogP contribution in [0.3, 0.4) is 0 Å². The van der Waals surface area contributed by atoms with Gasteiger partial charge in [-0.05, 0) is 25.1 Å². The van der Waals surface area contributed by atoms with E-state index in [0.29, 0.717) is 23.5 Å². The molecule has 1 aliphatic rings. The number of hydrogen-bond acceptors (Lipinski definition) is 3. The summed E-state index contributed by atoms with van der Waals surface area (Å²) in [5, 5.41) is 2.62. The summed E-state index contributed by atoms with van der Waals surface area (Å²) in [5.74, 6) is -1.19. The van der Waals surface area contributed by atoms with Crippen molar-refractivity contribution >= 4 is 29.0 Å². The molecule has 0 saturated heterocycles. The number of ketones is 1. The Balaban J connectivity index is 2.45. The third-order valence-corrected chi connectivity index (χ3v) is 2.61. The van der Waals surface area contributed by atoms with Gasteiger partial charge < -0.3 is 10.2 Å². The number of rotatable bonds is 2. The van der Waals surface area contributed by atoms with Gasteiger partial charge in [0.25, 0.3) is 11.7 Å². The fourth-order valence-electron chi connectivity index (χ4n) is 1.89. The number of anilines is 2. The molecule has 0 aromatic heterocycles. The zero-order chi connectivity index (χ0) is 12.6. The highest BCUT2D eigenvalue weighted by atomic mass is 16.2. The van der Waals surface area contributed by atoms with E-state index in [-0.39, 0.29) is 5.91 Å². The van der Waals surface area contributed by atoms with Crippen molar-refractivity contribution in [3.05, 3.63) is 23.8 Å². The minimum atomic E-state index is -0.512. The lowest BCUT2D eigenvalue weighted by Crippen LogP contribution is -2.29. The monoisotopic (exact) mass is 232 g/mol. The van der Waals surface area contributed by atoms with Crippen LogP contribution in [0, 0.1) is 0 Å². The van der Waals surface area contributed by atoms with Gasteiger partial charge in [-0.3, -0.25) is 14.4 Å². The van der Waals surface area contributed by atoms with Crippen molar-refractivity contribution < 1.29 is 14.4 Å². The number of nitrogens with zero attached hydrogens (tertiary/aromatic N) is 1. The molecule has 0 unspecified atom stereocenters. The molecule has 0 saturated carbocycles. The first kappa shape index (κ1) is 11.3. The molecular weight excluding hydrogens is 220 g/mol. The van der Waals surface area contributed by atoms with E-state index in [4.69, 9.17) is 0 Å². The maximum atomic E-state index is 11.6. The van der Waals surface area contributed by atoms with Crippen molar-refractivity contribution in [2.24, 2.45) is 0 Å². The number of amides is 2. The second-order valence-corrected chi connectivity index (χ2v) is 3.79. The van der Waals surface area contributed by atoms with E-state index in [0.717, 1.165) is 0 Å². The first-order valence-corrected chi connectivity index (χ1v) is 5.32. The highest BCUT2D eigenvalue weighted by molar-refractivity contribution is 6.52. The van der Waals surface area contributed by atoms with Crippen LogP contribution in [0.15, 0.2) is 18.2 Å². The maximum Gasteiger partial charge on any atom is 0.299 e. The van der Waals surface area contributed by atoms with Crippen LogP contribution in [0.1, 0.15) is 24.2 Å². The largest absolute Gasteiger partial charge is 0.326 e. The van der Waals surface area contributed by atoms with E-state index in [1.165, 1.54) is 11.8 Å². The normalized spacial score (nSPS) is 13.9. The second-order valence-electron chi connectivity index (χ2n) is 3.79. The second kappa shape index (κ2) is 4.01. The Morgan fingerprint density at radius 2 is 2.06 bits per heavy atom. The van der Waals surface area contributed by atoms with Crippen molar-refractivity contribution in [3.8, 4) is 0 Å². The lowest BCUT2D eigenvalue weighted by molar-refractivity contribution is -0.114. The zero-order valence-corrected chi connectivity index (χ0v) is 9.61. The van der Waals surface area contributed by atoms with E-state index < -0.39 is 11.7 Å². The molecule has 1 N–H and O–H groups in total. The molecule has 0 spiro atoms. The van der Waals surface area contributed by atoms with Gasteiger partial charge in [-0.2, -0.15) is 0 Å². The fourth-order valence-corrected chi connectivity index (χ4v) is 1.89. The minimum absolute atomic E-state index is 0.191. The Bertz CT molecular complexity index is 522. The summed E-state index contributed by atoms with van der Waals surface area (Å²) >= 11 is 0. The topological polar surface area (TPSA) is 66.5 Å². The molecule has 0 aliphatic carbocycles. The summed E-state index contributed by atoms with van der Waals surface area (Å²) in [4.78, 5) is 35.6. The number of benzene rings is 1. The van der Waals surface area contributed by atoms with Gasteiger partial charge in [0, 0.05) is 19.2 Å². The Hall–Kier alpha value is -2.17. The first-order valence-electron chi connectivity index (χ1n) is 5.32. The summed E-state index contributed by atoms with van der Waals surface area (Å²) in [7, 11) is 0. The van der Waals surface area contributed by atoms with Gasteiger partial charge >= 0.3 is 0 Å². The quantitative estimate of drug-likeness (QED) is 0.779. The SMILES string of the molecule is CCN1C(=O)C(=O)c2ccc(NC(C)=O)cc21. The van der Waals surface area contributed by atoms with E-state index in [2.05, 4.69) is 5.32 Å².